The van der Waals surface area contributed by atoms with Gasteiger partial charge in [0.25, 0.3) is 11.6 Å². The Kier molecular flexibility index (Phi) is 5.35. The Morgan fingerprint density at radius 1 is 1.12 bits per heavy atom. The van der Waals surface area contributed by atoms with Crippen molar-refractivity contribution in [3.63, 3.8) is 0 Å². The average Bonchev–Trinajstić information content (AvgIpc) is 3.48. The quantitative estimate of drug-likeness (QED) is 0.428. The number of carbonyl (C=O) groups excluding carboxylic acids is 1. The Morgan fingerprint density at radius 2 is 1.91 bits per heavy atom. The molecular formula is C24H19FN6O2. The zero-order valence-corrected chi connectivity index (χ0v) is 17.7. The maximum absolute atomic E-state index is 13.4. The molecule has 1 amide bonds. The summed E-state index contributed by atoms with van der Waals surface area (Å²) in [5.41, 5.74) is 4.37. The fraction of sp³-hybridized carbons (Fsp3) is 0.125. The maximum atomic E-state index is 13.4. The topological polar surface area (TPSA) is 98.7 Å². The minimum absolute atomic E-state index is 0.256. The summed E-state index contributed by atoms with van der Waals surface area (Å²) in [6, 6.07) is 15.4. The van der Waals surface area contributed by atoms with Crippen LogP contribution in [0.2, 0.25) is 0 Å². The van der Waals surface area contributed by atoms with Crippen LogP contribution in [0.5, 0.6) is 0 Å². The third kappa shape index (κ3) is 4.20. The zero-order valence-electron chi connectivity index (χ0n) is 17.7. The summed E-state index contributed by atoms with van der Waals surface area (Å²) < 4.78 is 20.4. The number of aryl methyl sites for hydroxylation is 1. The van der Waals surface area contributed by atoms with Crippen molar-refractivity contribution in [1.82, 2.24) is 30.2 Å². The smallest absolute Gasteiger partial charge is 0.259 e. The van der Waals surface area contributed by atoms with Gasteiger partial charge < -0.3 is 9.84 Å². The fourth-order valence-electron chi connectivity index (χ4n) is 3.69. The van der Waals surface area contributed by atoms with Crippen LogP contribution < -0.4 is 5.32 Å². The molecule has 0 bridgehead atoms. The monoisotopic (exact) mass is 442 g/mol. The van der Waals surface area contributed by atoms with Crippen LogP contribution in [0.4, 0.5) is 4.39 Å². The number of aromatic nitrogens is 5. The number of rotatable bonds is 6. The molecule has 3 heterocycles. The van der Waals surface area contributed by atoms with Gasteiger partial charge in [0.05, 0.1) is 28.9 Å². The van der Waals surface area contributed by atoms with E-state index in [4.69, 9.17) is 4.52 Å². The number of nitrogens with zero attached hydrogens (tertiary/aromatic N) is 5. The van der Waals surface area contributed by atoms with Crippen LogP contribution in [-0.4, -0.2) is 30.8 Å². The number of halogens is 1. The maximum Gasteiger partial charge on any atom is 0.259 e. The highest BCUT2D eigenvalue weighted by Gasteiger charge is 2.19. The Labute approximate surface area is 188 Å². The predicted molar refractivity (Wildman–Crippen MR) is 119 cm³/mol. The third-order valence-corrected chi connectivity index (χ3v) is 5.36. The average molecular weight is 442 g/mol. The van der Waals surface area contributed by atoms with Gasteiger partial charge in [0.1, 0.15) is 18.5 Å². The molecule has 1 N–H and O–H groups in total. The van der Waals surface area contributed by atoms with Crippen molar-refractivity contribution in [1.29, 1.82) is 0 Å². The zero-order chi connectivity index (χ0) is 22.8. The lowest BCUT2D eigenvalue weighted by molar-refractivity contribution is 0.0952. The molecule has 0 saturated heterocycles. The van der Waals surface area contributed by atoms with Crippen molar-refractivity contribution < 1.29 is 13.7 Å². The molecule has 0 fully saturated rings. The lowest BCUT2D eigenvalue weighted by Crippen LogP contribution is -2.24. The van der Waals surface area contributed by atoms with E-state index in [1.54, 1.807) is 36.1 Å². The summed E-state index contributed by atoms with van der Waals surface area (Å²) in [5.74, 6) is -0.634. The van der Waals surface area contributed by atoms with E-state index in [2.05, 4.69) is 25.5 Å². The van der Waals surface area contributed by atoms with Gasteiger partial charge in [-0.25, -0.2) is 19.0 Å². The molecule has 5 aromatic rings. The van der Waals surface area contributed by atoms with E-state index in [0.29, 0.717) is 41.0 Å². The molecule has 0 aliphatic carbocycles. The molecule has 0 spiro atoms. The molecule has 0 radical (unpaired) electrons. The van der Waals surface area contributed by atoms with E-state index in [0.717, 1.165) is 11.1 Å². The van der Waals surface area contributed by atoms with Gasteiger partial charge in [0.2, 0.25) is 0 Å². The van der Waals surface area contributed by atoms with Crippen molar-refractivity contribution in [3.05, 3.63) is 95.5 Å². The molecule has 9 heteroatoms. The summed E-state index contributed by atoms with van der Waals surface area (Å²) in [6.45, 7) is 2.63. The Bertz CT molecular complexity index is 1430. The predicted octanol–water partition coefficient (Wildman–Crippen LogP) is 3.91. The highest BCUT2D eigenvalue weighted by Crippen LogP contribution is 2.27. The number of amides is 1. The first-order chi connectivity index (χ1) is 16.1. The van der Waals surface area contributed by atoms with Crippen molar-refractivity contribution in [2.75, 3.05) is 0 Å². The first-order valence-electron chi connectivity index (χ1n) is 10.3. The van der Waals surface area contributed by atoms with Crippen LogP contribution in [0.25, 0.3) is 22.4 Å². The number of nitrogens with one attached hydrogen (secondary N) is 1. The van der Waals surface area contributed by atoms with Crippen LogP contribution in [-0.2, 0) is 13.1 Å². The number of hydrogen-bond donors (Lipinski definition) is 1. The summed E-state index contributed by atoms with van der Waals surface area (Å²) in [4.78, 5) is 21.7. The fourth-order valence-corrected chi connectivity index (χ4v) is 3.69. The lowest BCUT2D eigenvalue weighted by atomic mass is 10.0. The second kappa shape index (κ2) is 8.62. The highest BCUT2D eigenvalue weighted by molar-refractivity contribution is 6.07. The van der Waals surface area contributed by atoms with Gasteiger partial charge in [-0.05, 0) is 48.4 Å². The Balaban J connectivity index is 1.44. The number of benzene rings is 2. The Morgan fingerprint density at radius 3 is 2.67 bits per heavy atom. The van der Waals surface area contributed by atoms with Crippen molar-refractivity contribution >= 4 is 17.0 Å². The van der Waals surface area contributed by atoms with Crippen LogP contribution in [0.15, 0.2) is 71.8 Å². The van der Waals surface area contributed by atoms with Gasteiger partial charge in [0, 0.05) is 12.1 Å². The van der Waals surface area contributed by atoms with Gasteiger partial charge >= 0.3 is 0 Å². The van der Waals surface area contributed by atoms with Gasteiger partial charge in [-0.15, -0.1) is 0 Å². The first kappa shape index (κ1) is 20.5. The largest absolute Gasteiger partial charge is 0.348 e. The summed E-state index contributed by atoms with van der Waals surface area (Å²) in [7, 11) is 0. The van der Waals surface area contributed by atoms with E-state index >= 15 is 0 Å². The minimum Gasteiger partial charge on any atom is -0.348 e. The molecule has 164 valence electrons. The van der Waals surface area contributed by atoms with Crippen molar-refractivity contribution in [2.24, 2.45) is 0 Å². The van der Waals surface area contributed by atoms with E-state index in [1.807, 2.05) is 24.3 Å². The van der Waals surface area contributed by atoms with Gasteiger partial charge in [0.15, 0.2) is 0 Å². The van der Waals surface area contributed by atoms with Crippen molar-refractivity contribution in [2.45, 2.75) is 20.0 Å². The van der Waals surface area contributed by atoms with Gasteiger partial charge in [-0.2, -0.15) is 5.10 Å². The molecule has 2 aromatic carbocycles. The summed E-state index contributed by atoms with van der Waals surface area (Å²) in [6.07, 6.45) is 3.13. The van der Waals surface area contributed by atoms with Crippen LogP contribution in [0.3, 0.4) is 0 Å². The van der Waals surface area contributed by atoms with Crippen LogP contribution in [0.1, 0.15) is 27.2 Å². The minimum atomic E-state index is -0.349. The molecule has 0 aliphatic rings. The molecule has 3 aromatic heterocycles. The lowest BCUT2D eigenvalue weighted by Gasteiger charge is -2.12. The van der Waals surface area contributed by atoms with Crippen molar-refractivity contribution in [3.8, 4) is 11.3 Å². The van der Waals surface area contributed by atoms with E-state index < -0.39 is 0 Å². The Hall–Kier alpha value is -4.40. The van der Waals surface area contributed by atoms with Crippen LogP contribution >= 0.6 is 0 Å². The number of hydrogen-bond acceptors (Lipinski definition) is 6. The summed E-state index contributed by atoms with van der Waals surface area (Å²) in [5, 5.41) is 11.7. The molecule has 0 unspecified atom stereocenters. The number of fused-ring (bicyclic) bond motifs is 1. The second-order valence-electron chi connectivity index (χ2n) is 7.55. The molecule has 5 rings (SSSR count). The summed E-state index contributed by atoms with van der Waals surface area (Å²) >= 11 is 0. The molecule has 8 nitrogen and oxygen atoms in total. The molecule has 0 atom stereocenters. The molecule has 0 aliphatic heterocycles. The molecule has 33 heavy (non-hydrogen) atoms. The van der Waals surface area contributed by atoms with E-state index in [-0.39, 0.29) is 17.4 Å². The number of carbonyl (C=O) groups is 1. The highest BCUT2D eigenvalue weighted by atomic mass is 19.1. The van der Waals surface area contributed by atoms with Gasteiger partial charge in [-0.3, -0.25) is 4.79 Å². The SMILES string of the molecule is Cc1noc2nc(-c3ccc(F)cc3)cc(C(=O)NCc3ccccc3Cn3cncn3)c12. The first-order valence-corrected chi connectivity index (χ1v) is 10.3. The van der Waals surface area contributed by atoms with Gasteiger partial charge in [-0.1, -0.05) is 29.4 Å². The second-order valence-corrected chi connectivity index (χ2v) is 7.55. The number of pyridine rings is 1. The van der Waals surface area contributed by atoms with E-state index in [1.165, 1.54) is 18.5 Å². The molecule has 0 saturated carbocycles. The van der Waals surface area contributed by atoms with E-state index in [9.17, 15) is 9.18 Å². The standard InChI is InChI=1S/C24H19FN6O2/c1-15-22-20(10-21(29-24(22)33-30-15)16-6-8-19(25)9-7-16)23(32)27-11-17-4-2-3-5-18(17)12-31-14-26-13-28-31/h2-10,13-14H,11-12H2,1H3,(H,27,32). The van der Waals surface area contributed by atoms with Crippen LogP contribution in [0, 0.1) is 12.7 Å². The normalized spacial score (nSPS) is 11.1. The third-order valence-electron chi connectivity index (χ3n) is 5.36. The molecular weight excluding hydrogens is 423 g/mol.